The summed E-state index contributed by atoms with van der Waals surface area (Å²) in [6.45, 7) is 7.17. The summed E-state index contributed by atoms with van der Waals surface area (Å²) in [6, 6.07) is 12.4. The minimum atomic E-state index is -1.06. The van der Waals surface area contributed by atoms with Crippen LogP contribution >= 0.6 is 0 Å². The van der Waals surface area contributed by atoms with Gasteiger partial charge in [-0.05, 0) is 94.1 Å². The minimum Gasteiger partial charge on any atom is -0.489 e. The highest BCUT2D eigenvalue weighted by atomic mass is 16.5. The summed E-state index contributed by atoms with van der Waals surface area (Å²) in [6.07, 6.45) is 6.65. The molecule has 0 saturated carbocycles. The largest absolute Gasteiger partial charge is 0.489 e. The van der Waals surface area contributed by atoms with E-state index in [1.807, 2.05) is 22.6 Å². The molecule has 8 nitrogen and oxygen atoms in total. The van der Waals surface area contributed by atoms with E-state index in [2.05, 4.69) is 12.2 Å². The molecule has 1 unspecified atom stereocenters. The second-order valence-electron chi connectivity index (χ2n) is 10.2. The zero-order chi connectivity index (χ0) is 27.2. The molecule has 1 fully saturated rings. The number of unbranched alkanes of at least 4 members (excludes halogenated alkanes) is 1. The SMILES string of the molecule is CCCCc1cc2cc(C(=O)N(CC(=O)O)C(C)C)ccn2c1C(=O)c1ccc(OC2CCCNC2)cc1. The highest BCUT2D eigenvalue weighted by molar-refractivity contribution is 6.10. The second-order valence-corrected chi connectivity index (χ2v) is 10.2. The maximum absolute atomic E-state index is 13.7. The van der Waals surface area contributed by atoms with Gasteiger partial charge in [0.05, 0.1) is 5.69 Å². The summed E-state index contributed by atoms with van der Waals surface area (Å²) in [7, 11) is 0. The van der Waals surface area contributed by atoms with Crippen LogP contribution in [-0.2, 0) is 11.2 Å². The van der Waals surface area contributed by atoms with E-state index in [1.165, 1.54) is 4.90 Å². The lowest BCUT2D eigenvalue weighted by Crippen LogP contribution is -2.40. The van der Waals surface area contributed by atoms with Gasteiger partial charge in [-0.1, -0.05) is 13.3 Å². The number of amides is 1. The van der Waals surface area contributed by atoms with E-state index in [0.29, 0.717) is 16.8 Å². The van der Waals surface area contributed by atoms with Crippen molar-refractivity contribution >= 4 is 23.2 Å². The van der Waals surface area contributed by atoms with Crippen molar-refractivity contribution in [2.24, 2.45) is 0 Å². The molecule has 1 aliphatic rings. The average molecular weight is 520 g/mol. The van der Waals surface area contributed by atoms with Gasteiger partial charge in [0, 0.05) is 35.4 Å². The zero-order valence-corrected chi connectivity index (χ0v) is 22.4. The Hall–Kier alpha value is -3.65. The number of aromatic nitrogens is 1. The number of carbonyl (C=O) groups excluding carboxylic acids is 2. The first-order chi connectivity index (χ1) is 18.3. The number of piperidine rings is 1. The smallest absolute Gasteiger partial charge is 0.323 e. The van der Waals surface area contributed by atoms with Crippen molar-refractivity contribution in [1.82, 2.24) is 14.6 Å². The Morgan fingerprint density at radius 1 is 1.13 bits per heavy atom. The van der Waals surface area contributed by atoms with Crippen LogP contribution in [0.4, 0.5) is 0 Å². The number of pyridine rings is 1. The van der Waals surface area contributed by atoms with Crippen molar-refractivity contribution in [2.45, 2.75) is 65.0 Å². The van der Waals surface area contributed by atoms with Crippen LogP contribution in [0.25, 0.3) is 5.52 Å². The molecule has 3 heterocycles. The van der Waals surface area contributed by atoms with Crippen LogP contribution in [0.5, 0.6) is 5.75 Å². The van der Waals surface area contributed by atoms with Gasteiger partial charge in [-0.25, -0.2) is 0 Å². The first-order valence-electron chi connectivity index (χ1n) is 13.5. The number of rotatable bonds is 11. The van der Waals surface area contributed by atoms with E-state index in [9.17, 15) is 19.5 Å². The molecule has 1 aliphatic heterocycles. The van der Waals surface area contributed by atoms with Gasteiger partial charge in [0.15, 0.2) is 0 Å². The van der Waals surface area contributed by atoms with Gasteiger partial charge < -0.3 is 24.5 Å². The maximum atomic E-state index is 13.7. The van der Waals surface area contributed by atoms with E-state index in [-0.39, 0.29) is 30.4 Å². The van der Waals surface area contributed by atoms with Crippen molar-refractivity contribution in [2.75, 3.05) is 19.6 Å². The number of aryl methyl sites for hydroxylation is 1. The third-order valence-electron chi connectivity index (χ3n) is 6.97. The van der Waals surface area contributed by atoms with Crippen molar-refractivity contribution in [3.8, 4) is 5.75 Å². The number of aliphatic carboxylic acids is 1. The third kappa shape index (κ3) is 6.25. The number of ether oxygens (including phenoxy) is 1. The van der Waals surface area contributed by atoms with Crippen LogP contribution in [0, 0.1) is 0 Å². The number of nitrogens with one attached hydrogen (secondary N) is 1. The molecular formula is C30H37N3O5. The van der Waals surface area contributed by atoms with Crippen molar-refractivity contribution < 1.29 is 24.2 Å². The van der Waals surface area contributed by atoms with Crippen molar-refractivity contribution in [1.29, 1.82) is 0 Å². The highest BCUT2D eigenvalue weighted by Gasteiger charge is 2.24. The summed E-state index contributed by atoms with van der Waals surface area (Å²) in [5.74, 6) is -0.744. The van der Waals surface area contributed by atoms with Gasteiger partial charge in [-0.15, -0.1) is 0 Å². The van der Waals surface area contributed by atoms with Crippen LogP contribution in [-0.4, -0.2) is 63.8 Å². The van der Waals surface area contributed by atoms with E-state index in [0.717, 1.165) is 62.0 Å². The fourth-order valence-corrected chi connectivity index (χ4v) is 4.92. The quantitative estimate of drug-likeness (QED) is 0.360. The summed E-state index contributed by atoms with van der Waals surface area (Å²) < 4.78 is 7.90. The Morgan fingerprint density at radius 2 is 1.89 bits per heavy atom. The number of ketones is 1. The average Bonchev–Trinajstić information content (AvgIpc) is 3.28. The number of carboxylic acids is 1. The molecule has 202 valence electrons. The lowest BCUT2D eigenvalue weighted by Gasteiger charge is -2.25. The van der Waals surface area contributed by atoms with Gasteiger partial charge in [-0.3, -0.25) is 14.4 Å². The molecule has 0 bridgehead atoms. The van der Waals surface area contributed by atoms with Gasteiger partial charge in [0.2, 0.25) is 5.78 Å². The van der Waals surface area contributed by atoms with Gasteiger partial charge >= 0.3 is 5.97 Å². The van der Waals surface area contributed by atoms with Gasteiger partial charge in [0.25, 0.3) is 5.91 Å². The molecule has 3 aromatic rings. The lowest BCUT2D eigenvalue weighted by atomic mass is 10.0. The number of carbonyl (C=O) groups is 3. The topological polar surface area (TPSA) is 100 Å². The van der Waals surface area contributed by atoms with E-state index in [1.54, 1.807) is 44.3 Å². The van der Waals surface area contributed by atoms with Crippen molar-refractivity contribution in [3.63, 3.8) is 0 Å². The predicted molar refractivity (Wildman–Crippen MR) is 146 cm³/mol. The molecule has 1 aromatic carbocycles. The van der Waals surface area contributed by atoms with Crippen LogP contribution in [0.1, 0.15) is 78.4 Å². The number of hydrogen-bond donors (Lipinski definition) is 2. The molecule has 4 rings (SSSR count). The molecule has 0 radical (unpaired) electrons. The van der Waals surface area contributed by atoms with Crippen LogP contribution in [0.15, 0.2) is 48.7 Å². The normalized spacial score (nSPS) is 15.5. The van der Waals surface area contributed by atoms with E-state index >= 15 is 0 Å². The first kappa shape index (κ1) is 27.4. The standard InChI is InChI=1S/C30H37N3O5/c1-4-5-7-22-16-24-17-23(30(37)33(20(2)3)19-27(34)35)13-15-32(24)28(22)29(36)21-9-11-25(12-10-21)38-26-8-6-14-31-18-26/h9-13,15-17,20,26,31H,4-8,14,18-19H2,1-3H3,(H,34,35). The van der Waals surface area contributed by atoms with E-state index in [4.69, 9.17) is 4.74 Å². The predicted octanol–water partition coefficient (Wildman–Crippen LogP) is 4.58. The molecule has 0 aliphatic carbocycles. The fraction of sp³-hybridized carbons (Fsp3) is 0.433. The minimum absolute atomic E-state index is 0.0873. The number of hydrogen-bond acceptors (Lipinski definition) is 5. The Bertz CT molecular complexity index is 1290. The Kier molecular flexibility index (Phi) is 8.84. The summed E-state index contributed by atoms with van der Waals surface area (Å²) in [5, 5.41) is 12.6. The molecule has 0 spiro atoms. The molecule has 2 N–H and O–H groups in total. The van der Waals surface area contributed by atoms with Crippen LogP contribution in [0.3, 0.4) is 0 Å². The maximum Gasteiger partial charge on any atom is 0.323 e. The Labute approximate surface area is 223 Å². The molecule has 1 atom stereocenters. The number of carboxylic acid groups (broad SMARTS) is 1. The Morgan fingerprint density at radius 3 is 2.53 bits per heavy atom. The Balaban J connectivity index is 1.63. The third-order valence-corrected chi connectivity index (χ3v) is 6.97. The molecule has 2 aromatic heterocycles. The number of benzene rings is 1. The summed E-state index contributed by atoms with van der Waals surface area (Å²) in [4.78, 5) is 39.5. The van der Waals surface area contributed by atoms with Gasteiger partial charge in [-0.2, -0.15) is 0 Å². The molecule has 1 amide bonds. The van der Waals surface area contributed by atoms with Crippen molar-refractivity contribution in [3.05, 3.63) is 71.0 Å². The monoisotopic (exact) mass is 519 g/mol. The zero-order valence-electron chi connectivity index (χ0n) is 22.4. The molecule has 1 saturated heterocycles. The summed E-state index contributed by atoms with van der Waals surface area (Å²) in [5.41, 5.74) is 3.22. The lowest BCUT2D eigenvalue weighted by molar-refractivity contribution is -0.138. The van der Waals surface area contributed by atoms with Crippen LogP contribution < -0.4 is 10.1 Å². The van der Waals surface area contributed by atoms with Gasteiger partial charge in [0.1, 0.15) is 18.4 Å². The number of fused-ring (bicyclic) bond motifs is 1. The van der Waals surface area contributed by atoms with Crippen LogP contribution in [0.2, 0.25) is 0 Å². The number of nitrogens with zero attached hydrogens (tertiary/aromatic N) is 2. The fourth-order valence-electron chi connectivity index (χ4n) is 4.92. The molecule has 8 heteroatoms. The second kappa shape index (κ2) is 12.3. The van der Waals surface area contributed by atoms with E-state index < -0.39 is 5.97 Å². The highest BCUT2D eigenvalue weighted by Crippen LogP contribution is 2.25. The molecule has 38 heavy (non-hydrogen) atoms. The summed E-state index contributed by atoms with van der Waals surface area (Å²) >= 11 is 0. The first-order valence-corrected chi connectivity index (χ1v) is 13.5. The molecular weight excluding hydrogens is 482 g/mol.